The van der Waals surface area contributed by atoms with Gasteiger partial charge in [-0.1, -0.05) is 0 Å². The van der Waals surface area contributed by atoms with E-state index < -0.39 is 6.10 Å². The molecule has 1 amide bonds. The van der Waals surface area contributed by atoms with Crippen LogP contribution < -0.4 is 5.32 Å². The van der Waals surface area contributed by atoms with Crippen LogP contribution in [0.3, 0.4) is 0 Å². The fourth-order valence-electron chi connectivity index (χ4n) is 2.74. The fraction of sp³-hybridized carbons (Fsp3) is 0.600. The van der Waals surface area contributed by atoms with E-state index in [4.69, 9.17) is 0 Å². The number of likely N-dealkylation sites (N-methyl/N-ethyl adjacent to an activating group) is 1. The molecule has 1 aromatic rings. The smallest absolute Gasteiger partial charge is 0.272 e. The Labute approximate surface area is 125 Å². The van der Waals surface area contributed by atoms with Gasteiger partial charge in [-0.25, -0.2) is 0 Å². The lowest BCUT2D eigenvalue weighted by atomic mass is 10.2. The summed E-state index contributed by atoms with van der Waals surface area (Å²) in [6.07, 6.45) is 1.81. The van der Waals surface area contributed by atoms with E-state index in [0.717, 1.165) is 18.8 Å². The SMILES string of the molecule is CCNc1ccnc(C(=O)N2CC(O)CC2CN(C)C)c1. The Bertz CT molecular complexity index is 492. The monoisotopic (exact) mass is 292 g/mol. The predicted molar refractivity (Wildman–Crippen MR) is 82.4 cm³/mol. The molecule has 1 aliphatic heterocycles. The van der Waals surface area contributed by atoms with E-state index in [-0.39, 0.29) is 11.9 Å². The Morgan fingerprint density at radius 2 is 2.33 bits per heavy atom. The van der Waals surface area contributed by atoms with Gasteiger partial charge in [0.2, 0.25) is 0 Å². The van der Waals surface area contributed by atoms with Crippen LogP contribution in [0.4, 0.5) is 5.69 Å². The van der Waals surface area contributed by atoms with Crippen molar-refractivity contribution in [3.05, 3.63) is 24.0 Å². The molecule has 0 spiro atoms. The van der Waals surface area contributed by atoms with Gasteiger partial charge in [0.1, 0.15) is 5.69 Å². The van der Waals surface area contributed by atoms with Gasteiger partial charge in [-0.3, -0.25) is 9.78 Å². The Hall–Kier alpha value is -1.66. The molecule has 2 unspecified atom stereocenters. The third kappa shape index (κ3) is 3.92. The summed E-state index contributed by atoms with van der Waals surface area (Å²) in [5.41, 5.74) is 1.31. The number of aliphatic hydroxyl groups excluding tert-OH is 1. The van der Waals surface area contributed by atoms with E-state index in [1.807, 2.05) is 32.0 Å². The molecule has 2 atom stereocenters. The minimum Gasteiger partial charge on any atom is -0.391 e. The number of nitrogens with zero attached hydrogens (tertiary/aromatic N) is 3. The highest BCUT2D eigenvalue weighted by Crippen LogP contribution is 2.21. The first kappa shape index (κ1) is 15.7. The molecule has 2 N–H and O–H groups in total. The zero-order chi connectivity index (χ0) is 15.4. The van der Waals surface area contributed by atoms with Crippen molar-refractivity contribution in [2.45, 2.75) is 25.5 Å². The Morgan fingerprint density at radius 3 is 3.00 bits per heavy atom. The van der Waals surface area contributed by atoms with Crippen LogP contribution >= 0.6 is 0 Å². The number of nitrogens with one attached hydrogen (secondary N) is 1. The molecule has 0 saturated carbocycles. The highest BCUT2D eigenvalue weighted by atomic mass is 16.3. The topological polar surface area (TPSA) is 68.7 Å². The predicted octanol–water partition coefficient (Wildman–Crippen LogP) is 0.650. The van der Waals surface area contributed by atoms with Crippen LogP contribution in [0.2, 0.25) is 0 Å². The molecule has 2 heterocycles. The Kier molecular flexibility index (Phi) is 5.14. The van der Waals surface area contributed by atoms with E-state index in [0.29, 0.717) is 18.7 Å². The number of β-amino-alcohol motifs (C(OH)–C–C–N with tert-alkyl or cyclic N) is 1. The Morgan fingerprint density at radius 1 is 1.57 bits per heavy atom. The number of hydrogen-bond acceptors (Lipinski definition) is 5. The van der Waals surface area contributed by atoms with Gasteiger partial charge in [0.25, 0.3) is 5.91 Å². The highest BCUT2D eigenvalue weighted by Gasteiger charge is 2.35. The maximum atomic E-state index is 12.6. The molecule has 1 aliphatic rings. The number of anilines is 1. The second kappa shape index (κ2) is 6.87. The number of amides is 1. The van der Waals surface area contributed by atoms with E-state index in [9.17, 15) is 9.90 Å². The number of carbonyl (C=O) groups excluding carboxylic acids is 1. The lowest BCUT2D eigenvalue weighted by Crippen LogP contribution is -2.41. The van der Waals surface area contributed by atoms with Crippen LogP contribution in [-0.4, -0.2) is 71.7 Å². The average molecular weight is 292 g/mol. The van der Waals surface area contributed by atoms with Gasteiger partial charge in [0.05, 0.1) is 6.10 Å². The summed E-state index contributed by atoms with van der Waals surface area (Å²) in [6, 6.07) is 3.65. The number of aliphatic hydroxyl groups is 1. The first-order chi connectivity index (χ1) is 10.0. The molecule has 1 aromatic heterocycles. The number of carbonyl (C=O) groups is 1. The van der Waals surface area contributed by atoms with Gasteiger partial charge in [-0.15, -0.1) is 0 Å². The fourth-order valence-corrected chi connectivity index (χ4v) is 2.74. The molecule has 0 radical (unpaired) electrons. The van der Waals surface area contributed by atoms with Gasteiger partial charge in [-0.2, -0.15) is 0 Å². The molecule has 1 saturated heterocycles. The summed E-state index contributed by atoms with van der Waals surface area (Å²) >= 11 is 0. The van der Waals surface area contributed by atoms with Crippen molar-refractivity contribution in [1.82, 2.24) is 14.8 Å². The Balaban J connectivity index is 2.15. The van der Waals surface area contributed by atoms with Gasteiger partial charge >= 0.3 is 0 Å². The first-order valence-electron chi connectivity index (χ1n) is 7.35. The van der Waals surface area contributed by atoms with Crippen molar-refractivity contribution in [3.8, 4) is 0 Å². The molecule has 116 valence electrons. The molecule has 0 aromatic carbocycles. The zero-order valence-corrected chi connectivity index (χ0v) is 12.9. The number of likely N-dealkylation sites (tertiary alicyclic amines) is 1. The van der Waals surface area contributed by atoms with E-state index in [1.54, 1.807) is 17.2 Å². The van der Waals surface area contributed by atoms with Crippen molar-refractivity contribution in [1.29, 1.82) is 0 Å². The van der Waals surface area contributed by atoms with Crippen LogP contribution in [-0.2, 0) is 0 Å². The molecular weight excluding hydrogens is 268 g/mol. The van der Waals surface area contributed by atoms with E-state index >= 15 is 0 Å². The third-order valence-electron chi connectivity index (χ3n) is 3.59. The zero-order valence-electron chi connectivity index (χ0n) is 12.9. The lowest BCUT2D eigenvalue weighted by Gasteiger charge is -2.26. The van der Waals surface area contributed by atoms with Crippen molar-refractivity contribution in [2.75, 3.05) is 39.0 Å². The minimum absolute atomic E-state index is 0.0343. The van der Waals surface area contributed by atoms with Gasteiger partial charge < -0.3 is 20.2 Å². The molecule has 2 rings (SSSR count). The molecule has 6 nitrogen and oxygen atoms in total. The normalized spacial score (nSPS) is 21.9. The summed E-state index contributed by atoms with van der Waals surface area (Å²) in [5.74, 6) is -0.113. The van der Waals surface area contributed by atoms with Gasteiger partial charge in [0.15, 0.2) is 0 Å². The lowest BCUT2D eigenvalue weighted by molar-refractivity contribution is 0.0693. The third-order valence-corrected chi connectivity index (χ3v) is 3.59. The molecule has 0 aliphatic carbocycles. The van der Waals surface area contributed by atoms with Crippen LogP contribution in [0.1, 0.15) is 23.8 Å². The molecule has 1 fully saturated rings. The van der Waals surface area contributed by atoms with Crippen LogP contribution in [0, 0.1) is 0 Å². The van der Waals surface area contributed by atoms with Gasteiger partial charge in [0, 0.05) is 37.6 Å². The second-order valence-corrected chi connectivity index (χ2v) is 5.72. The largest absolute Gasteiger partial charge is 0.391 e. The molecule has 21 heavy (non-hydrogen) atoms. The quantitative estimate of drug-likeness (QED) is 0.834. The standard InChI is InChI=1S/C15H24N4O2/c1-4-16-11-5-6-17-14(7-11)15(21)19-10-13(20)8-12(19)9-18(2)3/h5-7,12-13,20H,4,8-10H2,1-3H3,(H,16,17). The van der Waals surface area contributed by atoms with Crippen LogP contribution in [0.5, 0.6) is 0 Å². The van der Waals surface area contributed by atoms with Crippen LogP contribution in [0.25, 0.3) is 0 Å². The number of aromatic nitrogens is 1. The van der Waals surface area contributed by atoms with Gasteiger partial charge in [-0.05, 0) is 39.6 Å². The summed E-state index contributed by atoms with van der Waals surface area (Å²) in [4.78, 5) is 20.6. The number of pyridine rings is 1. The number of hydrogen-bond donors (Lipinski definition) is 2. The maximum absolute atomic E-state index is 12.6. The van der Waals surface area contributed by atoms with Crippen LogP contribution in [0.15, 0.2) is 18.3 Å². The van der Waals surface area contributed by atoms with Crippen molar-refractivity contribution in [3.63, 3.8) is 0 Å². The summed E-state index contributed by atoms with van der Waals surface area (Å²) in [5, 5.41) is 13.0. The maximum Gasteiger partial charge on any atom is 0.272 e. The van der Waals surface area contributed by atoms with Crippen molar-refractivity contribution in [2.24, 2.45) is 0 Å². The highest BCUT2D eigenvalue weighted by molar-refractivity contribution is 5.93. The van der Waals surface area contributed by atoms with Crippen molar-refractivity contribution < 1.29 is 9.90 Å². The molecule has 0 bridgehead atoms. The number of rotatable bonds is 5. The second-order valence-electron chi connectivity index (χ2n) is 5.72. The first-order valence-corrected chi connectivity index (χ1v) is 7.35. The molecular formula is C15H24N4O2. The molecule has 6 heteroatoms. The average Bonchev–Trinajstić information content (AvgIpc) is 2.78. The van der Waals surface area contributed by atoms with E-state index in [1.165, 1.54) is 0 Å². The van der Waals surface area contributed by atoms with Crippen molar-refractivity contribution >= 4 is 11.6 Å². The summed E-state index contributed by atoms with van der Waals surface area (Å²) in [7, 11) is 3.94. The summed E-state index contributed by atoms with van der Waals surface area (Å²) in [6.45, 7) is 3.93. The minimum atomic E-state index is -0.448. The summed E-state index contributed by atoms with van der Waals surface area (Å²) < 4.78 is 0. The van der Waals surface area contributed by atoms with E-state index in [2.05, 4.69) is 10.3 Å².